The predicted molar refractivity (Wildman–Crippen MR) is 99.7 cm³/mol. The zero-order valence-corrected chi connectivity index (χ0v) is 14.1. The lowest BCUT2D eigenvalue weighted by molar-refractivity contribution is -0.117. The molecule has 2 heterocycles. The monoisotopic (exact) mass is 343 g/mol. The Morgan fingerprint density at radius 1 is 1.19 bits per heavy atom. The van der Waals surface area contributed by atoms with Gasteiger partial charge in [-0.1, -0.05) is 18.2 Å². The molecule has 0 spiro atoms. The maximum absolute atomic E-state index is 12.9. The van der Waals surface area contributed by atoms with E-state index in [4.69, 9.17) is 5.26 Å². The van der Waals surface area contributed by atoms with Crippen molar-refractivity contribution in [3.8, 4) is 6.07 Å². The van der Waals surface area contributed by atoms with Crippen LogP contribution in [-0.4, -0.2) is 28.5 Å². The highest BCUT2D eigenvalue weighted by atomic mass is 16.2. The molecule has 1 amide bonds. The fourth-order valence-electron chi connectivity index (χ4n) is 3.40. The number of aromatic nitrogens is 2. The zero-order chi connectivity index (χ0) is 17.9. The normalized spacial score (nSPS) is 16.4. The highest BCUT2D eigenvalue weighted by Gasteiger charge is 2.32. The molecule has 1 aromatic heterocycles. The van der Waals surface area contributed by atoms with E-state index in [0.717, 1.165) is 36.1 Å². The van der Waals surface area contributed by atoms with Gasteiger partial charge in [0.2, 0.25) is 5.91 Å². The van der Waals surface area contributed by atoms with Gasteiger partial charge in [-0.15, -0.1) is 0 Å². The van der Waals surface area contributed by atoms with Crippen molar-refractivity contribution < 1.29 is 4.79 Å². The topological polar surface area (TPSA) is 81.9 Å². The zero-order valence-electron chi connectivity index (χ0n) is 14.1. The van der Waals surface area contributed by atoms with Crippen molar-refractivity contribution in [3.05, 3.63) is 60.4 Å². The molecule has 0 bridgehead atoms. The fourth-order valence-corrected chi connectivity index (χ4v) is 3.40. The van der Waals surface area contributed by atoms with Crippen LogP contribution in [-0.2, 0) is 4.79 Å². The Bertz CT molecular complexity index is 1010. The van der Waals surface area contributed by atoms with Gasteiger partial charge in [-0.3, -0.25) is 4.79 Å². The lowest BCUT2D eigenvalue weighted by Gasteiger charge is -2.25. The summed E-state index contributed by atoms with van der Waals surface area (Å²) < 4.78 is 0. The number of nitrogens with one attached hydrogen (secondary N) is 1. The number of amides is 1. The van der Waals surface area contributed by atoms with Crippen LogP contribution in [0.3, 0.4) is 0 Å². The van der Waals surface area contributed by atoms with E-state index in [1.807, 2.05) is 29.2 Å². The van der Waals surface area contributed by atoms with Crippen LogP contribution in [0.1, 0.15) is 18.4 Å². The van der Waals surface area contributed by atoms with Crippen LogP contribution in [0.2, 0.25) is 0 Å². The van der Waals surface area contributed by atoms with E-state index < -0.39 is 0 Å². The van der Waals surface area contributed by atoms with Crippen LogP contribution in [0, 0.1) is 11.3 Å². The maximum Gasteiger partial charge on any atom is 0.247 e. The second-order valence-electron chi connectivity index (χ2n) is 6.25. The minimum absolute atomic E-state index is 0.0831. The number of hydrogen-bond donors (Lipinski definition) is 1. The molecular weight excluding hydrogens is 326 g/mol. The summed E-state index contributed by atoms with van der Waals surface area (Å²) in [4.78, 5) is 23.7. The molecule has 1 N–H and O–H groups in total. The lowest BCUT2D eigenvalue weighted by Crippen LogP contribution is -2.40. The minimum Gasteiger partial charge on any atom is -0.344 e. The van der Waals surface area contributed by atoms with Crippen molar-refractivity contribution in [1.29, 1.82) is 5.26 Å². The first kappa shape index (κ1) is 16.0. The summed E-state index contributed by atoms with van der Waals surface area (Å²) in [7, 11) is 0. The van der Waals surface area contributed by atoms with E-state index >= 15 is 0 Å². The average Bonchev–Trinajstić information content (AvgIpc) is 3.17. The summed E-state index contributed by atoms with van der Waals surface area (Å²) >= 11 is 0. The van der Waals surface area contributed by atoms with Crippen molar-refractivity contribution in [2.75, 3.05) is 16.8 Å². The van der Waals surface area contributed by atoms with Gasteiger partial charge >= 0.3 is 0 Å². The molecule has 3 aromatic rings. The average molecular weight is 343 g/mol. The van der Waals surface area contributed by atoms with Gasteiger partial charge in [0.05, 0.1) is 17.1 Å². The first-order chi connectivity index (χ1) is 12.8. The van der Waals surface area contributed by atoms with Crippen molar-refractivity contribution in [2.45, 2.75) is 18.9 Å². The highest BCUT2D eigenvalue weighted by Crippen LogP contribution is 2.30. The highest BCUT2D eigenvalue weighted by molar-refractivity contribution is 5.99. The van der Waals surface area contributed by atoms with E-state index in [1.54, 1.807) is 30.6 Å². The summed E-state index contributed by atoms with van der Waals surface area (Å²) in [5.74, 6) is 0.708. The van der Waals surface area contributed by atoms with Gasteiger partial charge in [0.15, 0.2) is 0 Å². The Morgan fingerprint density at radius 2 is 2.08 bits per heavy atom. The number of nitrogens with zero attached hydrogens (tertiary/aromatic N) is 4. The van der Waals surface area contributed by atoms with Gasteiger partial charge in [0.1, 0.15) is 18.2 Å². The van der Waals surface area contributed by atoms with Gasteiger partial charge in [-0.2, -0.15) is 5.26 Å². The van der Waals surface area contributed by atoms with Gasteiger partial charge in [-0.05, 0) is 43.2 Å². The van der Waals surface area contributed by atoms with Crippen molar-refractivity contribution >= 4 is 28.3 Å². The summed E-state index contributed by atoms with van der Waals surface area (Å²) in [6.07, 6.45) is 3.23. The number of anilines is 2. The molecule has 0 saturated carbocycles. The van der Waals surface area contributed by atoms with Crippen molar-refractivity contribution in [2.24, 2.45) is 0 Å². The quantitative estimate of drug-likeness (QED) is 0.790. The largest absolute Gasteiger partial charge is 0.344 e. The molecule has 1 fully saturated rings. The second kappa shape index (κ2) is 6.81. The van der Waals surface area contributed by atoms with Crippen LogP contribution < -0.4 is 10.2 Å². The van der Waals surface area contributed by atoms with Crippen LogP contribution in [0.25, 0.3) is 10.9 Å². The van der Waals surface area contributed by atoms with Gasteiger partial charge in [-0.25, -0.2) is 9.97 Å². The molecule has 2 aromatic carbocycles. The molecule has 1 aliphatic rings. The summed E-state index contributed by atoms with van der Waals surface area (Å²) in [6, 6.07) is 16.6. The maximum atomic E-state index is 12.9. The number of para-hydroxylation sites is 1. The predicted octanol–water partition coefficient (Wildman–Crippen LogP) is 3.11. The minimum atomic E-state index is -0.293. The molecule has 1 atom stereocenters. The van der Waals surface area contributed by atoms with Gasteiger partial charge < -0.3 is 10.2 Å². The molecule has 0 unspecified atom stereocenters. The number of rotatable bonds is 3. The third kappa shape index (κ3) is 2.95. The SMILES string of the molecule is N#Cc1cccc(NC(=O)[C@@H]2CCCN2c2ncnc3ccccc23)c1. The van der Waals surface area contributed by atoms with E-state index in [1.165, 1.54) is 0 Å². The molecule has 26 heavy (non-hydrogen) atoms. The Kier molecular flexibility index (Phi) is 4.20. The molecule has 1 saturated heterocycles. The fraction of sp³-hybridized carbons (Fsp3) is 0.200. The van der Waals surface area contributed by atoms with E-state index in [-0.39, 0.29) is 11.9 Å². The molecule has 6 heteroatoms. The molecule has 0 aliphatic carbocycles. The van der Waals surface area contributed by atoms with Crippen LogP contribution in [0.4, 0.5) is 11.5 Å². The molecular formula is C20H17N5O. The van der Waals surface area contributed by atoms with Gasteiger partial charge in [0.25, 0.3) is 0 Å². The summed E-state index contributed by atoms with van der Waals surface area (Å²) in [5, 5.41) is 12.9. The molecule has 128 valence electrons. The lowest BCUT2D eigenvalue weighted by atomic mass is 10.1. The molecule has 6 nitrogen and oxygen atoms in total. The van der Waals surface area contributed by atoms with E-state index in [0.29, 0.717) is 11.3 Å². The summed E-state index contributed by atoms with van der Waals surface area (Å²) in [6.45, 7) is 0.775. The standard InChI is InChI=1S/C20H17N5O/c21-12-14-5-3-6-15(11-14)24-20(26)18-9-4-10-25(18)19-16-7-1-2-8-17(16)22-13-23-19/h1-3,5-8,11,13,18H,4,9-10H2,(H,24,26)/t18-/m0/s1. The molecule has 1 aliphatic heterocycles. The third-order valence-electron chi connectivity index (χ3n) is 4.61. The number of hydrogen-bond acceptors (Lipinski definition) is 5. The molecule has 0 radical (unpaired) electrons. The number of fused-ring (bicyclic) bond motifs is 1. The third-order valence-corrected chi connectivity index (χ3v) is 4.61. The number of carbonyl (C=O) groups is 1. The van der Waals surface area contributed by atoms with Crippen molar-refractivity contribution in [3.63, 3.8) is 0 Å². The Balaban J connectivity index is 1.62. The first-order valence-electron chi connectivity index (χ1n) is 8.54. The molecule has 4 rings (SSSR count). The second-order valence-corrected chi connectivity index (χ2v) is 6.25. The first-order valence-corrected chi connectivity index (χ1v) is 8.54. The van der Waals surface area contributed by atoms with E-state index in [2.05, 4.69) is 21.4 Å². The Morgan fingerprint density at radius 3 is 2.96 bits per heavy atom. The van der Waals surface area contributed by atoms with Crippen LogP contribution in [0.5, 0.6) is 0 Å². The number of nitriles is 1. The number of benzene rings is 2. The Hall–Kier alpha value is -3.46. The Labute approximate surface area is 151 Å². The van der Waals surface area contributed by atoms with Crippen LogP contribution >= 0.6 is 0 Å². The smallest absolute Gasteiger partial charge is 0.247 e. The summed E-state index contributed by atoms with van der Waals surface area (Å²) in [5.41, 5.74) is 2.02. The number of carbonyl (C=O) groups excluding carboxylic acids is 1. The van der Waals surface area contributed by atoms with E-state index in [9.17, 15) is 4.79 Å². The van der Waals surface area contributed by atoms with Crippen LogP contribution in [0.15, 0.2) is 54.9 Å². The van der Waals surface area contributed by atoms with Crippen molar-refractivity contribution in [1.82, 2.24) is 9.97 Å². The van der Waals surface area contributed by atoms with Gasteiger partial charge in [0, 0.05) is 17.6 Å².